The Labute approximate surface area is 138 Å². The summed E-state index contributed by atoms with van der Waals surface area (Å²) in [5.41, 5.74) is 5.01. The van der Waals surface area contributed by atoms with Crippen LogP contribution in [0.1, 0.15) is 31.1 Å². The molecule has 0 spiro atoms. The molecular weight excluding hydrogens is 352 g/mol. The predicted octanol–water partition coefficient (Wildman–Crippen LogP) is 2.28. The van der Waals surface area contributed by atoms with Crippen LogP contribution in [0.15, 0.2) is 22.7 Å². The van der Waals surface area contributed by atoms with Crippen molar-refractivity contribution in [2.24, 2.45) is 5.92 Å². The second kappa shape index (κ2) is 9.42. The molecule has 6 nitrogen and oxygen atoms in total. The van der Waals surface area contributed by atoms with Gasteiger partial charge in [0.15, 0.2) is 0 Å². The van der Waals surface area contributed by atoms with Crippen molar-refractivity contribution in [1.82, 2.24) is 10.9 Å². The standard InChI is InChI=1S/C15H21BrN2O4/c1-4-21-9-14(19)17-18-15(20)11-5-6-13(12(16)7-11)22-8-10(2)3/h5-7,10H,4,8-9H2,1-3H3,(H,17,19)(H,18,20). The number of hydrogen-bond donors (Lipinski definition) is 2. The lowest BCUT2D eigenvalue weighted by atomic mass is 10.2. The van der Waals surface area contributed by atoms with Crippen LogP contribution in [0.25, 0.3) is 0 Å². The summed E-state index contributed by atoms with van der Waals surface area (Å²) in [6.45, 7) is 6.83. The van der Waals surface area contributed by atoms with Gasteiger partial charge < -0.3 is 9.47 Å². The molecule has 0 atom stereocenters. The maximum atomic E-state index is 11.9. The summed E-state index contributed by atoms with van der Waals surface area (Å²) < 4.78 is 11.2. The number of benzene rings is 1. The van der Waals surface area contributed by atoms with Crippen molar-refractivity contribution in [1.29, 1.82) is 0 Å². The van der Waals surface area contributed by atoms with Crippen molar-refractivity contribution in [3.05, 3.63) is 28.2 Å². The first-order valence-electron chi connectivity index (χ1n) is 7.03. The third-order valence-corrected chi connectivity index (χ3v) is 3.14. The van der Waals surface area contributed by atoms with Gasteiger partial charge in [0.25, 0.3) is 11.8 Å². The van der Waals surface area contributed by atoms with Crippen LogP contribution in [0, 0.1) is 5.92 Å². The molecule has 0 bridgehead atoms. The van der Waals surface area contributed by atoms with Gasteiger partial charge in [-0.3, -0.25) is 20.4 Å². The van der Waals surface area contributed by atoms with Crippen LogP contribution in [0.2, 0.25) is 0 Å². The van der Waals surface area contributed by atoms with Crippen LogP contribution in [0.5, 0.6) is 5.75 Å². The highest BCUT2D eigenvalue weighted by atomic mass is 79.9. The van der Waals surface area contributed by atoms with E-state index in [4.69, 9.17) is 9.47 Å². The van der Waals surface area contributed by atoms with Crippen molar-refractivity contribution in [2.45, 2.75) is 20.8 Å². The van der Waals surface area contributed by atoms with Crippen LogP contribution >= 0.6 is 15.9 Å². The Balaban J connectivity index is 2.56. The van der Waals surface area contributed by atoms with E-state index in [1.807, 2.05) is 0 Å². The highest BCUT2D eigenvalue weighted by molar-refractivity contribution is 9.10. The summed E-state index contributed by atoms with van der Waals surface area (Å²) >= 11 is 3.37. The first-order chi connectivity index (χ1) is 10.4. The largest absolute Gasteiger partial charge is 0.492 e. The number of carbonyl (C=O) groups excluding carboxylic acids is 2. The Bertz CT molecular complexity index is 520. The molecule has 2 amide bonds. The maximum absolute atomic E-state index is 11.9. The van der Waals surface area contributed by atoms with Gasteiger partial charge in [-0.2, -0.15) is 0 Å². The van der Waals surface area contributed by atoms with Gasteiger partial charge in [0.1, 0.15) is 12.4 Å². The minimum absolute atomic E-state index is 0.0948. The minimum atomic E-state index is -0.416. The molecule has 0 aliphatic rings. The molecule has 22 heavy (non-hydrogen) atoms. The van der Waals surface area contributed by atoms with Crippen molar-refractivity contribution in [2.75, 3.05) is 19.8 Å². The van der Waals surface area contributed by atoms with Gasteiger partial charge in [0.2, 0.25) is 0 Å². The van der Waals surface area contributed by atoms with Crippen LogP contribution in [-0.2, 0) is 9.53 Å². The van der Waals surface area contributed by atoms with E-state index in [1.54, 1.807) is 25.1 Å². The van der Waals surface area contributed by atoms with Gasteiger partial charge in [-0.05, 0) is 47.0 Å². The Kier molecular flexibility index (Phi) is 7.90. The topological polar surface area (TPSA) is 76.7 Å². The van der Waals surface area contributed by atoms with Gasteiger partial charge in [0, 0.05) is 12.2 Å². The smallest absolute Gasteiger partial charge is 0.269 e. The first kappa shape index (κ1) is 18.4. The van der Waals surface area contributed by atoms with Crippen LogP contribution < -0.4 is 15.6 Å². The highest BCUT2D eigenvalue weighted by Crippen LogP contribution is 2.26. The van der Waals surface area contributed by atoms with E-state index in [0.29, 0.717) is 34.9 Å². The number of halogens is 1. The Morgan fingerprint density at radius 3 is 2.59 bits per heavy atom. The van der Waals surface area contributed by atoms with Gasteiger partial charge in [-0.25, -0.2) is 0 Å². The van der Waals surface area contributed by atoms with E-state index in [0.717, 1.165) is 0 Å². The third-order valence-electron chi connectivity index (χ3n) is 2.52. The fraction of sp³-hybridized carbons (Fsp3) is 0.467. The molecule has 0 heterocycles. The van der Waals surface area contributed by atoms with Crippen molar-refractivity contribution in [3.8, 4) is 5.75 Å². The van der Waals surface area contributed by atoms with Crippen LogP contribution in [-0.4, -0.2) is 31.6 Å². The number of hydrazine groups is 1. The molecule has 0 aromatic heterocycles. The monoisotopic (exact) mass is 372 g/mol. The zero-order valence-corrected chi connectivity index (χ0v) is 14.5. The molecule has 1 rings (SSSR count). The number of nitrogens with one attached hydrogen (secondary N) is 2. The van der Waals surface area contributed by atoms with E-state index in [-0.39, 0.29) is 6.61 Å². The molecule has 122 valence electrons. The van der Waals surface area contributed by atoms with Crippen molar-refractivity contribution in [3.63, 3.8) is 0 Å². The predicted molar refractivity (Wildman–Crippen MR) is 86.6 cm³/mol. The van der Waals surface area contributed by atoms with E-state index in [9.17, 15) is 9.59 Å². The number of amides is 2. The van der Waals surface area contributed by atoms with Gasteiger partial charge >= 0.3 is 0 Å². The summed E-state index contributed by atoms with van der Waals surface area (Å²) in [5, 5.41) is 0. The molecule has 0 aliphatic heterocycles. The first-order valence-corrected chi connectivity index (χ1v) is 7.82. The fourth-order valence-electron chi connectivity index (χ4n) is 1.45. The second-order valence-electron chi connectivity index (χ2n) is 4.99. The summed E-state index contributed by atoms with van der Waals surface area (Å²) in [4.78, 5) is 23.3. The molecule has 2 N–H and O–H groups in total. The summed E-state index contributed by atoms with van der Waals surface area (Å²) in [5.74, 6) is 0.258. The molecule has 1 aromatic carbocycles. The third kappa shape index (κ3) is 6.44. The molecule has 1 aromatic rings. The zero-order chi connectivity index (χ0) is 16.5. The number of ether oxygens (including phenoxy) is 2. The molecule has 0 unspecified atom stereocenters. The second-order valence-corrected chi connectivity index (χ2v) is 5.84. The average molecular weight is 373 g/mol. The van der Waals surface area contributed by atoms with Gasteiger partial charge in [-0.15, -0.1) is 0 Å². The molecule has 7 heteroatoms. The lowest BCUT2D eigenvalue weighted by Crippen LogP contribution is -2.43. The van der Waals surface area contributed by atoms with E-state index >= 15 is 0 Å². The minimum Gasteiger partial charge on any atom is -0.492 e. The Morgan fingerprint density at radius 2 is 2.00 bits per heavy atom. The lowest BCUT2D eigenvalue weighted by Gasteiger charge is -2.12. The van der Waals surface area contributed by atoms with Gasteiger partial charge in [-0.1, -0.05) is 13.8 Å². The molecule has 0 fully saturated rings. The van der Waals surface area contributed by atoms with Crippen molar-refractivity contribution >= 4 is 27.7 Å². The number of carbonyl (C=O) groups is 2. The van der Waals surface area contributed by atoms with Crippen molar-refractivity contribution < 1.29 is 19.1 Å². The SMILES string of the molecule is CCOCC(=O)NNC(=O)c1ccc(OCC(C)C)c(Br)c1. The fourth-order valence-corrected chi connectivity index (χ4v) is 1.94. The van der Waals surface area contributed by atoms with Gasteiger partial charge in [0.05, 0.1) is 11.1 Å². The molecule has 0 saturated carbocycles. The number of rotatable bonds is 7. The number of hydrogen-bond acceptors (Lipinski definition) is 4. The highest BCUT2D eigenvalue weighted by Gasteiger charge is 2.10. The molecule has 0 radical (unpaired) electrons. The maximum Gasteiger partial charge on any atom is 0.269 e. The Morgan fingerprint density at radius 1 is 1.27 bits per heavy atom. The summed E-state index contributed by atoms with van der Waals surface area (Å²) in [6, 6.07) is 4.98. The summed E-state index contributed by atoms with van der Waals surface area (Å²) in [7, 11) is 0. The average Bonchev–Trinajstić information content (AvgIpc) is 2.49. The quantitative estimate of drug-likeness (QED) is 0.719. The van der Waals surface area contributed by atoms with E-state index in [1.165, 1.54) is 0 Å². The molecule has 0 saturated heterocycles. The Hall–Kier alpha value is -1.60. The van der Waals surface area contributed by atoms with E-state index in [2.05, 4.69) is 40.6 Å². The molecule has 0 aliphatic carbocycles. The zero-order valence-electron chi connectivity index (χ0n) is 12.9. The van der Waals surface area contributed by atoms with Crippen LogP contribution in [0.3, 0.4) is 0 Å². The van der Waals surface area contributed by atoms with Crippen LogP contribution in [0.4, 0.5) is 0 Å². The summed E-state index contributed by atoms with van der Waals surface area (Å²) in [6.07, 6.45) is 0. The van der Waals surface area contributed by atoms with E-state index < -0.39 is 11.8 Å². The molecular formula is C15H21BrN2O4. The normalized spacial score (nSPS) is 10.4. The lowest BCUT2D eigenvalue weighted by molar-refractivity contribution is -0.126.